The van der Waals surface area contributed by atoms with Crippen molar-refractivity contribution in [2.45, 2.75) is 32.6 Å². The normalized spacial score (nSPS) is 17.7. The second-order valence-corrected chi connectivity index (χ2v) is 6.22. The number of rotatable bonds is 6. The van der Waals surface area contributed by atoms with E-state index in [1.807, 2.05) is 29.2 Å². The van der Waals surface area contributed by atoms with Gasteiger partial charge in [0.05, 0.1) is 7.11 Å². The summed E-state index contributed by atoms with van der Waals surface area (Å²) in [6.07, 6.45) is 2.86. The molecule has 0 aromatic heterocycles. The quantitative estimate of drug-likeness (QED) is 0.816. The van der Waals surface area contributed by atoms with Crippen molar-refractivity contribution >= 4 is 11.8 Å². The molecule has 1 aromatic carbocycles. The Balaban J connectivity index is 1.71. The van der Waals surface area contributed by atoms with E-state index in [0.717, 1.165) is 43.7 Å². The zero-order chi connectivity index (χ0) is 16.7. The van der Waals surface area contributed by atoms with Crippen LogP contribution in [0.4, 0.5) is 0 Å². The summed E-state index contributed by atoms with van der Waals surface area (Å²) in [5.74, 6) is 1.08. The van der Waals surface area contributed by atoms with E-state index < -0.39 is 0 Å². The molecule has 126 valence electrons. The number of hydrogen-bond donors (Lipinski definition) is 1. The van der Waals surface area contributed by atoms with Crippen LogP contribution >= 0.6 is 0 Å². The Morgan fingerprint density at radius 1 is 1.39 bits per heavy atom. The van der Waals surface area contributed by atoms with Crippen molar-refractivity contribution in [1.82, 2.24) is 10.2 Å². The molecule has 1 aliphatic heterocycles. The number of nitrogens with one attached hydrogen (secondary N) is 1. The average molecular weight is 318 g/mol. The van der Waals surface area contributed by atoms with E-state index in [1.165, 1.54) is 0 Å². The van der Waals surface area contributed by atoms with E-state index >= 15 is 0 Å². The van der Waals surface area contributed by atoms with Crippen LogP contribution in [0.1, 0.15) is 31.7 Å². The molecule has 1 aliphatic rings. The number of hydrogen-bond acceptors (Lipinski definition) is 3. The zero-order valence-corrected chi connectivity index (χ0v) is 14.0. The minimum absolute atomic E-state index is 0.0508. The van der Waals surface area contributed by atoms with Crippen molar-refractivity contribution in [1.29, 1.82) is 0 Å². The predicted octanol–water partition coefficient (Wildman–Crippen LogP) is 2.00. The number of methoxy groups -OCH3 is 1. The SMILES string of the molecule is COc1cccc(CCNC(=O)CC(=O)N2CCCC(C)C2)c1. The van der Waals surface area contributed by atoms with Crippen LogP contribution < -0.4 is 10.1 Å². The number of likely N-dealkylation sites (tertiary alicyclic amines) is 1. The number of amides is 2. The van der Waals surface area contributed by atoms with E-state index in [9.17, 15) is 9.59 Å². The zero-order valence-electron chi connectivity index (χ0n) is 14.0. The lowest BCUT2D eigenvalue weighted by atomic mass is 10.00. The number of ether oxygens (including phenoxy) is 1. The van der Waals surface area contributed by atoms with Crippen LogP contribution in [0.25, 0.3) is 0 Å². The first-order valence-electron chi connectivity index (χ1n) is 8.26. The van der Waals surface area contributed by atoms with Crippen molar-refractivity contribution < 1.29 is 14.3 Å². The molecule has 1 fully saturated rings. The number of carbonyl (C=O) groups is 2. The molecule has 1 aromatic rings. The lowest BCUT2D eigenvalue weighted by molar-refractivity contribution is -0.137. The molecule has 0 bridgehead atoms. The van der Waals surface area contributed by atoms with Gasteiger partial charge in [-0.15, -0.1) is 0 Å². The third-order valence-corrected chi connectivity index (χ3v) is 4.19. The molecule has 1 unspecified atom stereocenters. The van der Waals surface area contributed by atoms with Crippen LogP contribution in [-0.4, -0.2) is 43.5 Å². The summed E-state index contributed by atoms with van der Waals surface area (Å²) in [6.45, 7) is 4.22. The third-order valence-electron chi connectivity index (χ3n) is 4.19. The van der Waals surface area contributed by atoms with E-state index in [1.54, 1.807) is 7.11 Å². The van der Waals surface area contributed by atoms with Crippen LogP contribution in [0.3, 0.4) is 0 Å². The first kappa shape index (κ1) is 17.3. The number of piperidine rings is 1. The highest BCUT2D eigenvalue weighted by Crippen LogP contribution is 2.16. The summed E-state index contributed by atoms with van der Waals surface area (Å²) < 4.78 is 5.17. The largest absolute Gasteiger partial charge is 0.497 e. The van der Waals surface area contributed by atoms with Crippen LogP contribution in [0.15, 0.2) is 24.3 Å². The summed E-state index contributed by atoms with van der Waals surface area (Å²) >= 11 is 0. The first-order valence-corrected chi connectivity index (χ1v) is 8.26. The topological polar surface area (TPSA) is 58.6 Å². The lowest BCUT2D eigenvalue weighted by Gasteiger charge is -2.30. The Morgan fingerprint density at radius 2 is 2.22 bits per heavy atom. The number of nitrogens with zero attached hydrogens (tertiary/aromatic N) is 1. The van der Waals surface area contributed by atoms with Gasteiger partial charge in [-0.2, -0.15) is 0 Å². The molecule has 23 heavy (non-hydrogen) atoms. The Hall–Kier alpha value is -2.04. The maximum Gasteiger partial charge on any atom is 0.232 e. The van der Waals surface area contributed by atoms with E-state index in [4.69, 9.17) is 4.74 Å². The van der Waals surface area contributed by atoms with Crippen LogP contribution in [0, 0.1) is 5.92 Å². The fourth-order valence-electron chi connectivity index (χ4n) is 2.90. The van der Waals surface area contributed by atoms with Gasteiger partial charge >= 0.3 is 0 Å². The van der Waals surface area contributed by atoms with Gasteiger partial charge < -0.3 is 15.0 Å². The maximum atomic E-state index is 12.1. The highest BCUT2D eigenvalue weighted by atomic mass is 16.5. The fourth-order valence-corrected chi connectivity index (χ4v) is 2.90. The molecule has 5 nitrogen and oxygen atoms in total. The monoisotopic (exact) mass is 318 g/mol. The molecule has 2 amide bonds. The van der Waals surface area contributed by atoms with Gasteiger partial charge in [0.2, 0.25) is 11.8 Å². The highest BCUT2D eigenvalue weighted by Gasteiger charge is 2.22. The second kappa shape index (κ2) is 8.56. The highest BCUT2D eigenvalue weighted by molar-refractivity contribution is 5.96. The third kappa shape index (κ3) is 5.58. The van der Waals surface area contributed by atoms with Crippen LogP contribution in [-0.2, 0) is 16.0 Å². The van der Waals surface area contributed by atoms with Gasteiger partial charge in [-0.3, -0.25) is 9.59 Å². The van der Waals surface area contributed by atoms with Gasteiger partial charge in [-0.1, -0.05) is 19.1 Å². The molecular weight excluding hydrogens is 292 g/mol. The molecule has 1 heterocycles. The minimum atomic E-state index is -0.198. The first-order chi connectivity index (χ1) is 11.1. The molecule has 2 rings (SSSR count). The molecule has 0 saturated carbocycles. The van der Waals surface area contributed by atoms with Gasteiger partial charge in [0, 0.05) is 19.6 Å². The van der Waals surface area contributed by atoms with Gasteiger partial charge in [-0.25, -0.2) is 0 Å². The smallest absolute Gasteiger partial charge is 0.232 e. The van der Waals surface area contributed by atoms with Crippen molar-refractivity contribution in [2.75, 3.05) is 26.7 Å². The molecule has 0 radical (unpaired) electrons. The van der Waals surface area contributed by atoms with Gasteiger partial charge in [0.1, 0.15) is 12.2 Å². The molecule has 1 saturated heterocycles. The van der Waals surface area contributed by atoms with Gasteiger partial charge in [0.25, 0.3) is 0 Å². The molecule has 5 heteroatoms. The summed E-state index contributed by atoms with van der Waals surface area (Å²) in [5, 5.41) is 2.82. The summed E-state index contributed by atoms with van der Waals surface area (Å²) in [4.78, 5) is 25.8. The minimum Gasteiger partial charge on any atom is -0.497 e. The van der Waals surface area contributed by atoms with E-state index in [-0.39, 0.29) is 18.2 Å². The Morgan fingerprint density at radius 3 is 2.96 bits per heavy atom. The number of benzene rings is 1. The van der Waals surface area contributed by atoms with Crippen molar-refractivity contribution in [2.24, 2.45) is 5.92 Å². The van der Waals surface area contributed by atoms with E-state index in [2.05, 4.69) is 12.2 Å². The predicted molar refractivity (Wildman–Crippen MR) is 89.3 cm³/mol. The second-order valence-electron chi connectivity index (χ2n) is 6.22. The Labute approximate surface area is 138 Å². The molecular formula is C18H26N2O3. The molecule has 0 aliphatic carbocycles. The fraction of sp³-hybridized carbons (Fsp3) is 0.556. The van der Waals surface area contributed by atoms with Gasteiger partial charge in [-0.05, 0) is 42.9 Å². The van der Waals surface area contributed by atoms with Gasteiger partial charge in [0.15, 0.2) is 0 Å². The molecule has 1 atom stereocenters. The lowest BCUT2D eigenvalue weighted by Crippen LogP contribution is -2.41. The van der Waals surface area contributed by atoms with Crippen molar-refractivity contribution in [3.8, 4) is 5.75 Å². The standard InChI is InChI=1S/C18H26N2O3/c1-14-5-4-10-20(13-14)18(22)12-17(21)19-9-8-15-6-3-7-16(11-15)23-2/h3,6-7,11,14H,4-5,8-10,12-13H2,1-2H3,(H,19,21). The molecule has 0 spiro atoms. The van der Waals surface area contributed by atoms with Crippen molar-refractivity contribution in [3.05, 3.63) is 29.8 Å². The summed E-state index contributed by atoms with van der Waals surface area (Å²) in [7, 11) is 1.63. The Bertz CT molecular complexity index is 545. The maximum absolute atomic E-state index is 12.1. The van der Waals surface area contributed by atoms with Crippen LogP contribution in [0.2, 0.25) is 0 Å². The van der Waals surface area contributed by atoms with E-state index in [0.29, 0.717) is 12.5 Å². The number of carbonyl (C=O) groups excluding carboxylic acids is 2. The Kier molecular flexibility index (Phi) is 6.44. The van der Waals surface area contributed by atoms with Crippen molar-refractivity contribution in [3.63, 3.8) is 0 Å². The summed E-state index contributed by atoms with van der Waals surface area (Å²) in [5.41, 5.74) is 1.10. The van der Waals surface area contributed by atoms with Crippen LogP contribution in [0.5, 0.6) is 5.75 Å². The average Bonchev–Trinajstić information content (AvgIpc) is 2.55. The molecule has 1 N–H and O–H groups in total. The summed E-state index contributed by atoms with van der Waals surface area (Å²) in [6, 6.07) is 7.76.